The molecular weight excluding hydrogens is 490 g/mol. The van der Waals surface area contributed by atoms with Crippen molar-refractivity contribution < 1.29 is 19.0 Å². The average Bonchev–Trinajstić information content (AvgIpc) is 3.18. The molecule has 1 saturated heterocycles. The van der Waals surface area contributed by atoms with Crippen molar-refractivity contribution in [3.8, 4) is 11.8 Å². The zero-order chi connectivity index (χ0) is 25.4. The SMILES string of the molecule is CCOC(=O)/C(C#N)=c1/s/c(=C/Nc2ccc(OC)c(NC(=S)N3CCOCC3)c2)c(=O)n1CC. The second kappa shape index (κ2) is 12.3. The molecular formula is C23H27N5O5S2. The molecule has 2 N–H and O–H groups in total. The molecule has 2 aromatic rings. The van der Waals surface area contributed by atoms with Gasteiger partial charge in [-0.25, -0.2) is 4.79 Å². The number of rotatable bonds is 7. The summed E-state index contributed by atoms with van der Waals surface area (Å²) in [5, 5.41) is 16.4. The summed E-state index contributed by atoms with van der Waals surface area (Å²) >= 11 is 6.59. The van der Waals surface area contributed by atoms with E-state index in [2.05, 4.69) is 10.6 Å². The van der Waals surface area contributed by atoms with Crippen molar-refractivity contribution in [2.45, 2.75) is 20.4 Å². The Morgan fingerprint density at radius 3 is 2.71 bits per heavy atom. The van der Waals surface area contributed by atoms with E-state index in [1.165, 1.54) is 4.57 Å². The van der Waals surface area contributed by atoms with Crippen molar-refractivity contribution in [1.82, 2.24) is 9.47 Å². The monoisotopic (exact) mass is 517 g/mol. The van der Waals surface area contributed by atoms with E-state index in [-0.39, 0.29) is 22.4 Å². The lowest BCUT2D eigenvalue weighted by atomic mass is 10.2. The molecule has 0 radical (unpaired) electrons. The number of thiazole rings is 1. The average molecular weight is 518 g/mol. The molecule has 1 aliphatic heterocycles. The van der Waals surface area contributed by atoms with Crippen molar-refractivity contribution in [2.24, 2.45) is 0 Å². The number of carbonyl (C=O) groups is 1. The molecule has 2 heterocycles. The first-order valence-electron chi connectivity index (χ1n) is 11.0. The van der Waals surface area contributed by atoms with Crippen LogP contribution in [0.1, 0.15) is 13.8 Å². The lowest BCUT2D eigenvalue weighted by molar-refractivity contribution is -0.136. The number of morpholine rings is 1. The molecule has 1 aromatic heterocycles. The molecule has 0 amide bonds. The zero-order valence-corrected chi connectivity index (χ0v) is 21.4. The first-order chi connectivity index (χ1) is 16.9. The Balaban J connectivity index is 1.92. The number of esters is 1. The fourth-order valence-corrected chi connectivity index (χ4v) is 4.75. The van der Waals surface area contributed by atoms with Gasteiger partial charge in [-0.1, -0.05) is 0 Å². The second-order valence-corrected chi connectivity index (χ2v) is 8.68. The van der Waals surface area contributed by atoms with E-state index in [9.17, 15) is 14.9 Å². The number of nitrogens with zero attached hydrogens (tertiary/aromatic N) is 3. The lowest BCUT2D eigenvalue weighted by Gasteiger charge is -2.29. The molecule has 0 atom stereocenters. The van der Waals surface area contributed by atoms with E-state index in [1.54, 1.807) is 39.3 Å². The Hall–Kier alpha value is -3.40. The summed E-state index contributed by atoms with van der Waals surface area (Å²) in [5.74, 6) is -0.138. The molecule has 1 aliphatic rings. The number of hydrogen-bond acceptors (Lipinski definition) is 9. The van der Waals surface area contributed by atoms with Crippen LogP contribution < -0.4 is 30.1 Å². The van der Waals surface area contributed by atoms with Crippen LogP contribution >= 0.6 is 23.6 Å². The van der Waals surface area contributed by atoms with Crippen molar-refractivity contribution in [1.29, 1.82) is 5.26 Å². The van der Waals surface area contributed by atoms with Gasteiger partial charge in [0.1, 0.15) is 21.0 Å². The third-order valence-corrected chi connectivity index (χ3v) is 6.63. The normalized spacial score (nSPS) is 14.7. The number of benzene rings is 1. The number of anilines is 2. The Bertz CT molecular complexity index is 1310. The zero-order valence-electron chi connectivity index (χ0n) is 19.8. The minimum atomic E-state index is -0.750. The largest absolute Gasteiger partial charge is 0.495 e. The highest BCUT2D eigenvalue weighted by Gasteiger charge is 2.17. The smallest absolute Gasteiger partial charge is 0.351 e. The fraction of sp³-hybridized carbons (Fsp3) is 0.391. The summed E-state index contributed by atoms with van der Waals surface area (Å²) in [7, 11) is 1.57. The van der Waals surface area contributed by atoms with Crippen LogP contribution in [0.5, 0.6) is 5.75 Å². The van der Waals surface area contributed by atoms with Crippen molar-refractivity contribution >= 4 is 57.8 Å². The predicted octanol–water partition coefficient (Wildman–Crippen LogP) is 1.05. The van der Waals surface area contributed by atoms with Gasteiger partial charge in [-0.05, 0) is 44.3 Å². The summed E-state index contributed by atoms with van der Waals surface area (Å²) in [6, 6.07) is 7.28. The summed E-state index contributed by atoms with van der Waals surface area (Å²) in [4.78, 5) is 27.1. The number of nitriles is 1. The van der Waals surface area contributed by atoms with Gasteiger partial charge in [0.15, 0.2) is 10.7 Å². The highest BCUT2D eigenvalue weighted by atomic mass is 32.1. The number of aromatic nitrogens is 1. The number of thiocarbonyl (C=S) groups is 1. The Morgan fingerprint density at radius 2 is 2.09 bits per heavy atom. The minimum Gasteiger partial charge on any atom is -0.495 e. The van der Waals surface area contributed by atoms with Gasteiger partial charge < -0.3 is 29.7 Å². The van der Waals surface area contributed by atoms with Gasteiger partial charge in [-0.2, -0.15) is 5.26 Å². The molecule has 1 aromatic carbocycles. The summed E-state index contributed by atoms with van der Waals surface area (Å²) in [6.07, 6.45) is 1.55. The fourth-order valence-electron chi connectivity index (χ4n) is 3.38. The molecule has 10 nitrogen and oxygen atoms in total. The van der Waals surface area contributed by atoms with E-state index in [0.29, 0.717) is 59.6 Å². The van der Waals surface area contributed by atoms with Crippen LogP contribution in [-0.2, 0) is 20.8 Å². The van der Waals surface area contributed by atoms with Crippen LogP contribution in [0, 0.1) is 11.3 Å². The number of methoxy groups -OCH3 is 1. The van der Waals surface area contributed by atoms with Crippen LogP contribution in [0.15, 0.2) is 23.0 Å². The quantitative estimate of drug-likeness (QED) is 0.408. The molecule has 0 saturated carbocycles. The summed E-state index contributed by atoms with van der Waals surface area (Å²) < 4.78 is 17.8. The third kappa shape index (κ3) is 6.19. The molecule has 35 heavy (non-hydrogen) atoms. The van der Waals surface area contributed by atoms with Gasteiger partial charge in [0.05, 0.1) is 32.6 Å². The van der Waals surface area contributed by atoms with Gasteiger partial charge in [0.2, 0.25) is 0 Å². The van der Waals surface area contributed by atoms with Crippen molar-refractivity contribution in [3.05, 3.63) is 37.7 Å². The molecule has 12 heteroatoms. The van der Waals surface area contributed by atoms with E-state index < -0.39 is 5.97 Å². The number of nitrogens with one attached hydrogen (secondary N) is 2. The highest BCUT2D eigenvalue weighted by Crippen LogP contribution is 2.28. The highest BCUT2D eigenvalue weighted by molar-refractivity contribution is 7.80. The molecule has 186 valence electrons. The van der Waals surface area contributed by atoms with E-state index >= 15 is 0 Å². The number of hydrogen-bond donors (Lipinski definition) is 2. The van der Waals surface area contributed by atoms with E-state index in [1.807, 2.05) is 17.0 Å². The Kier molecular flexibility index (Phi) is 9.25. The maximum absolute atomic E-state index is 12.9. The standard InChI is InChI=1S/C23H27N5O5S2/c1-4-28-20(29)19(35-21(28)16(13-24)22(30)33-5-2)14-25-15-6-7-18(31-3)17(12-15)26-23(34)27-8-10-32-11-9-27/h6-7,12,14,25H,4-5,8-11H2,1-3H3,(H,26,34)/b19-14+,21-16+. The van der Waals surface area contributed by atoms with Crippen LogP contribution in [-0.4, -0.2) is 60.6 Å². The Morgan fingerprint density at radius 1 is 1.34 bits per heavy atom. The van der Waals surface area contributed by atoms with Gasteiger partial charge >= 0.3 is 5.97 Å². The molecule has 0 spiro atoms. The van der Waals surface area contributed by atoms with Crippen LogP contribution in [0.4, 0.5) is 11.4 Å². The van der Waals surface area contributed by atoms with Gasteiger partial charge in [-0.3, -0.25) is 9.36 Å². The van der Waals surface area contributed by atoms with Crippen molar-refractivity contribution in [3.63, 3.8) is 0 Å². The second-order valence-electron chi connectivity index (χ2n) is 7.26. The first-order valence-corrected chi connectivity index (χ1v) is 12.3. The number of carbonyl (C=O) groups excluding carboxylic acids is 1. The third-order valence-electron chi connectivity index (χ3n) is 5.14. The van der Waals surface area contributed by atoms with Crippen LogP contribution in [0.3, 0.4) is 0 Å². The van der Waals surface area contributed by atoms with Crippen LogP contribution in [0.25, 0.3) is 11.8 Å². The molecule has 1 fully saturated rings. The molecule has 0 unspecified atom stereocenters. The molecule has 3 rings (SSSR count). The van der Waals surface area contributed by atoms with Crippen LogP contribution in [0.2, 0.25) is 0 Å². The maximum atomic E-state index is 12.9. The maximum Gasteiger partial charge on any atom is 0.351 e. The summed E-state index contributed by atoms with van der Waals surface area (Å²) in [5.41, 5.74) is 0.855. The van der Waals surface area contributed by atoms with Gasteiger partial charge in [0, 0.05) is 31.5 Å². The minimum absolute atomic E-state index is 0.134. The predicted molar refractivity (Wildman–Crippen MR) is 139 cm³/mol. The Labute approximate surface area is 212 Å². The molecule has 0 bridgehead atoms. The number of ether oxygens (including phenoxy) is 3. The lowest BCUT2D eigenvalue weighted by Crippen LogP contribution is -2.42. The topological polar surface area (TPSA) is 118 Å². The van der Waals surface area contributed by atoms with Gasteiger partial charge in [-0.15, -0.1) is 11.3 Å². The molecule has 0 aliphatic carbocycles. The first kappa shape index (κ1) is 26.2. The van der Waals surface area contributed by atoms with E-state index in [0.717, 1.165) is 11.3 Å². The van der Waals surface area contributed by atoms with Crippen molar-refractivity contribution in [2.75, 3.05) is 50.7 Å². The van der Waals surface area contributed by atoms with E-state index in [4.69, 9.17) is 26.4 Å². The van der Waals surface area contributed by atoms with Gasteiger partial charge in [0.25, 0.3) is 5.56 Å². The summed E-state index contributed by atoms with van der Waals surface area (Å²) in [6.45, 7) is 6.52.